The zero-order chi connectivity index (χ0) is 17.6. The number of aromatic nitrogens is 3. The van der Waals surface area contributed by atoms with Gasteiger partial charge in [0.25, 0.3) is 0 Å². The van der Waals surface area contributed by atoms with Crippen LogP contribution >= 0.6 is 0 Å². The number of likely N-dealkylation sites (tertiary alicyclic amines) is 1. The van der Waals surface area contributed by atoms with Gasteiger partial charge in [-0.1, -0.05) is 13.8 Å². The predicted molar refractivity (Wildman–Crippen MR) is 101 cm³/mol. The van der Waals surface area contributed by atoms with E-state index in [2.05, 4.69) is 44.5 Å². The summed E-state index contributed by atoms with van der Waals surface area (Å²) < 4.78 is 2.00. The fraction of sp³-hybridized carbons (Fsp3) is 0.833. The smallest absolute Gasteiger partial charge is 0.191 e. The molecule has 7 heteroatoms. The number of nitrogens with zero attached hydrogens (tertiary/aromatic N) is 5. The topological polar surface area (TPSA) is 70.4 Å². The van der Waals surface area contributed by atoms with Crippen molar-refractivity contribution in [2.24, 2.45) is 16.8 Å². The maximum absolute atomic E-state index is 4.41. The van der Waals surface area contributed by atoms with E-state index in [1.165, 1.54) is 32.5 Å². The van der Waals surface area contributed by atoms with Gasteiger partial charge < -0.3 is 15.5 Å². The Morgan fingerprint density at radius 3 is 3.04 bits per heavy atom. The first kappa shape index (κ1) is 18.2. The van der Waals surface area contributed by atoms with E-state index in [9.17, 15) is 0 Å². The molecule has 1 fully saturated rings. The van der Waals surface area contributed by atoms with Crippen LogP contribution < -0.4 is 10.6 Å². The molecule has 1 saturated heterocycles. The van der Waals surface area contributed by atoms with Gasteiger partial charge in [0.1, 0.15) is 12.2 Å². The van der Waals surface area contributed by atoms with E-state index >= 15 is 0 Å². The highest BCUT2D eigenvalue weighted by Gasteiger charge is 2.22. The lowest BCUT2D eigenvalue weighted by Crippen LogP contribution is -2.49. The maximum Gasteiger partial charge on any atom is 0.191 e. The Kier molecular flexibility index (Phi) is 6.29. The average molecular weight is 348 g/mol. The molecule has 3 rings (SSSR count). The maximum atomic E-state index is 4.41. The minimum Gasteiger partial charge on any atom is -0.356 e. The lowest BCUT2D eigenvalue weighted by atomic mass is 9.97. The molecule has 140 valence electrons. The molecule has 2 unspecified atom stereocenters. The van der Waals surface area contributed by atoms with Crippen molar-refractivity contribution in [1.29, 1.82) is 0 Å². The van der Waals surface area contributed by atoms with Gasteiger partial charge in [0.2, 0.25) is 0 Å². The second kappa shape index (κ2) is 8.65. The lowest BCUT2D eigenvalue weighted by Gasteiger charge is -2.34. The molecule has 0 aliphatic carbocycles. The molecule has 2 N–H and O–H groups in total. The molecule has 1 aromatic heterocycles. The van der Waals surface area contributed by atoms with E-state index in [0.29, 0.717) is 12.0 Å². The quantitative estimate of drug-likeness (QED) is 0.617. The summed E-state index contributed by atoms with van der Waals surface area (Å²) in [5.41, 5.74) is 0. The average Bonchev–Trinajstić information content (AvgIpc) is 3.06. The molecule has 0 radical (unpaired) electrons. The number of hydrogen-bond donors (Lipinski definition) is 2. The van der Waals surface area contributed by atoms with Crippen molar-refractivity contribution >= 4 is 5.96 Å². The monoisotopic (exact) mass is 347 g/mol. The van der Waals surface area contributed by atoms with Crippen LogP contribution in [0.15, 0.2) is 11.3 Å². The summed E-state index contributed by atoms with van der Waals surface area (Å²) in [5.74, 6) is 3.46. The molecular formula is C18H33N7. The number of fused-ring (bicyclic) bond motifs is 1. The predicted octanol–water partition coefficient (Wildman–Crippen LogP) is 1.13. The number of nitrogens with one attached hydrogen (secondary N) is 2. The van der Waals surface area contributed by atoms with Gasteiger partial charge in [0.05, 0.1) is 6.54 Å². The number of rotatable bonds is 5. The van der Waals surface area contributed by atoms with Crippen LogP contribution in [-0.2, 0) is 13.0 Å². The van der Waals surface area contributed by atoms with Crippen molar-refractivity contribution in [3.05, 3.63) is 12.2 Å². The summed E-state index contributed by atoms with van der Waals surface area (Å²) in [5, 5.41) is 11.4. The molecule has 0 saturated carbocycles. The summed E-state index contributed by atoms with van der Waals surface area (Å²) in [4.78, 5) is 11.3. The molecule has 2 aliphatic rings. The van der Waals surface area contributed by atoms with Crippen molar-refractivity contribution in [3.8, 4) is 0 Å². The largest absolute Gasteiger partial charge is 0.356 e. The molecule has 7 nitrogen and oxygen atoms in total. The van der Waals surface area contributed by atoms with Gasteiger partial charge in [-0.25, -0.2) is 9.67 Å². The minimum atomic E-state index is 0.365. The number of aryl methyl sites for hydroxylation is 1. The zero-order valence-corrected chi connectivity index (χ0v) is 15.9. The van der Waals surface area contributed by atoms with Crippen molar-refractivity contribution < 1.29 is 0 Å². The van der Waals surface area contributed by atoms with Gasteiger partial charge in [-0.15, -0.1) is 0 Å². The van der Waals surface area contributed by atoms with Gasteiger partial charge in [-0.05, 0) is 37.6 Å². The summed E-state index contributed by atoms with van der Waals surface area (Å²) in [6.07, 6.45) is 6.32. The van der Waals surface area contributed by atoms with Crippen LogP contribution in [0, 0.1) is 11.8 Å². The second-order valence-electron chi connectivity index (χ2n) is 7.85. The number of piperidine rings is 1. The van der Waals surface area contributed by atoms with E-state index < -0.39 is 0 Å². The molecule has 0 spiro atoms. The molecule has 2 aliphatic heterocycles. The Hall–Kier alpha value is -1.63. The zero-order valence-electron chi connectivity index (χ0n) is 15.9. The molecule has 2 atom stereocenters. The lowest BCUT2D eigenvalue weighted by molar-refractivity contribution is 0.159. The van der Waals surface area contributed by atoms with E-state index in [4.69, 9.17) is 0 Å². The van der Waals surface area contributed by atoms with Crippen LogP contribution in [0.2, 0.25) is 0 Å². The van der Waals surface area contributed by atoms with E-state index in [1.807, 2.05) is 11.7 Å². The number of hydrogen-bond acceptors (Lipinski definition) is 4. The fourth-order valence-corrected chi connectivity index (χ4v) is 3.98. The molecule has 0 bridgehead atoms. The highest BCUT2D eigenvalue weighted by molar-refractivity contribution is 5.79. The van der Waals surface area contributed by atoms with Gasteiger partial charge in [-0.3, -0.25) is 4.99 Å². The second-order valence-corrected chi connectivity index (χ2v) is 7.85. The van der Waals surface area contributed by atoms with Gasteiger partial charge >= 0.3 is 0 Å². The van der Waals surface area contributed by atoms with Gasteiger partial charge in [0, 0.05) is 39.1 Å². The van der Waals surface area contributed by atoms with Crippen LogP contribution in [0.1, 0.15) is 38.9 Å². The van der Waals surface area contributed by atoms with Crippen LogP contribution in [-0.4, -0.2) is 64.9 Å². The molecule has 3 heterocycles. The Labute approximate surface area is 151 Å². The molecule has 0 amide bonds. The minimum absolute atomic E-state index is 0.365. The van der Waals surface area contributed by atoms with Crippen molar-refractivity contribution in [2.45, 2.75) is 52.1 Å². The Balaban J connectivity index is 1.43. The first-order chi connectivity index (χ1) is 12.1. The first-order valence-electron chi connectivity index (χ1n) is 9.70. The molecule has 25 heavy (non-hydrogen) atoms. The fourth-order valence-electron chi connectivity index (χ4n) is 3.98. The third-order valence-corrected chi connectivity index (χ3v) is 5.15. The third-order valence-electron chi connectivity index (χ3n) is 5.15. The molecule has 0 aromatic carbocycles. The van der Waals surface area contributed by atoms with E-state index in [-0.39, 0.29) is 0 Å². The summed E-state index contributed by atoms with van der Waals surface area (Å²) in [6, 6.07) is 0.365. The van der Waals surface area contributed by atoms with Crippen molar-refractivity contribution in [3.63, 3.8) is 0 Å². The highest BCUT2D eigenvalue weighted by Crippen LogP contribution is 2.17. The standard InChI is InChI=1S/C18H33N7/c1-14(2)10-24-8-4-5-15(11-24)9-20-18(19-3)23-16-6-7-17-21-13-22-25(17)12-16/h13-16H,4-12H2,1-3H3,(H2,19,20,23). The molecular weight excluding hydrogens is 314 g/mol. The number of aliphatic imine (C=N–C) groups is 1. The first-order valence-corrected chi connectivity index (χ1v) is 9.70. The number of guanidine groups is 1. The van der Waals surface area contributed by atoms with E-state index in [0.717, 1.165) is 43.6 Å². The van der Waals surface area contributed by atoms with Crippen LogP contribution in [0.4, 0.5) is 0 Å². The van der Waals surface area contributed by atoms with Crippen molar-refractivity contribution in [2.75, 3.05) is 33.2 Å². The summed E-state index contributed by atoms with van der Waals surface area (Å²) >= 11 is 0. The van der Waals surface area contributed by atoms with Gasteiger partial charge in [-0.2, -0.15) is 5.10 Å². The van der Waals surface area contributed by atoms with Crippen molar-refractivity contribution in [1.82, 2.24) is 30.3 Å². The Morgan fingerprint density at radius 1 is 1.36 bits per heavy atom. The Bertz CT molecular complexity index is 566. The highest BCUT2D eigenvalue weighted by atomic mass is 15.4. The van der Waals surface area contributed by atoms with E-state index in [1.54, 1.807) is 6.33 Å². The Morgan fingerprint density at radius 2 is 2.24 bits per heavy atom. The van der Waals surface area contributed by atoms with Crippen LogP contribution in [0.3, 0.4) is 0 Å². The van der Waals surface area contributed by atoms with Crippen LogP contribution in [0.5, 0.6) is 0 Å². The van der Waals surface area contributed by atoms with Crippen LogP contribution in [0.25, 0.3) is 0 Å². The summed E-state index contributed by atoms with van der Waals surface area (Å²) in [7, 11) is 1.85. The molecule has 1 aromatic rings. The normalized spacial score (nSPS) is 25.0. The summed E-state index contributed by atoms with van der Waals surface area (Å²) in [6.45, 7) is 10.1. The SMILES string of the molecule is CN=C(NCC1CCCN(CC(C)C)C1)NC1CCc2ncnn2C1. The third kappa shape index (κ3) is 5.17. The van der Waals surface area contributed by atoms with Gasteiger partial charge in [0.15, 0.2) is 5.96 Å².